The Morgan fingerprint density at radius 3 is 1.15 bits per heavy atom. The highest BCUT2D eigenvalue weighted by Gasteiger charge is 2.19. The molecule has 0 radical (unpaired) electrons. The maximum absolute atomic E-state index is 3.86. The Morgan fingerprint density at radius 2 is 0.815 bits per heavy atom. The summed E-state index contributed by atoms with van der Waals surface area (Å²) in [5.41, 5.74) is 0. The van der Waals surface area contributed by atoms with Gasteiger partial charge in [0.05, 0.1) is 0 Å². The van der Waals surface area contributed by atoms with E-state index in [1.54, 1.807) is 0 Å². The summed E-state index contributed by atoms with van der Waals surface area (Å²) in [5.74, 6) is 0. The van der Waals surface area contributed by atoms with E-state index < -0.39 is 0 Å². The Bertz CT molecular complexity index is 720. The van der Waals surface area contributed by atoms with E-state index in [2.05, 4.69) is 66.0 Å². The molecule has 0 aliphatic heterocycles. The predicted molar refractivity (Wildman–Crippen MR) is 118 cm³/mol. The molecule has 0 aromatic heterocycles. The van der Waals surface area contributed by atoms with Crippen molar-refractivity contribution in [1.82, 2.24) is 5.32 Å². The number of fused-ring (bicyclic) bond motifs is 2. The lowest BCUT2D eigenvalue weighted by Crippen LogP contribution is -2.40. The summed E-state index contributed by atoms with van der Waals surface area (Å²) < 4.78 is 0. The van der Waals surface area contributed by atoms with E-state index in [1.165, 1.54) is 85.8 Å². The molecule has 142 valence electrons. The zero-order valence-corrected chi connectivity index (χ0v) is 16.5. The molecule has 5 rings (SSSR count). The summed E-state index contributed by atoms with van der Waals surface area (Å²) in [5, 5.41) is 9.10. The number of rotatable bonds is 2. The molecule has 1 heteroatoms. The van der Waals surface area contributed by atoms with Gasteiger partial charge in [0.25, 0.3) is 0 Å². The van der Waals surface area contributed by atoms with Crippen LogP contribution in [0.5, 0.6) is 0 Å². The van der Waals surface area contributed by atoms with E-state index in [0.717, 1.165) is 12.1 Å². The Labute approximate surface area is 164 Å². The molecule has 0 bridgehead atoms. The molecule has 0 saturated heterocycles. The first-order chi connectivity index (χ1) is 13.4. The van der Waals surface area contributed by atoms with Gasteiger partial charge in [-0.15, -0.1) is 0 Å². The minimum atomic E-state index is 0.872. The van der Waals surface area contributed by atoms with Crippen molar-refractivity contribution < 1.29 is 0 Å². The second kappa shape index (κ2) is 9.37. The van der Waals surface area contributed by atoms with Gasteiger partial charge in [0, 0.05) is 12.1 Å². The van der Waals surface area contributed by atoms with Crippen molar-refractivity contribution in [2.75, 3.05) is 0 Å². The average Bonchev–Trinajstić information content (AvgIpc) is 2.74. The van der Waals surface area contributed by atoms with E-state index in [1.807, 2.05) is 0 Å². The third-order valence-corrected chi connectivity index (χ3v) is 6.30. The van der Waals surface area contributed by atoms with Crippen LogP contribution in [-0.2, 0) is 0 Å². The van der Waals surface area contributed by atoms with Crippen LogP contribution in [0, 0.1) is 0 Å². The van der Waals surface area contributed by atoms with E-state index in [0.29, 0.717) is 0 Å². The fourth-order valence-electron chi connectivity index (χ4n) is 4.75. The first-order valence-electron chi connectivity index (χ1n) is 11.0. The minimum Gasteiger partial charge on any atom is -0.311 e. The van der Waals surface area contributed by atoms with Gasteiger partial charge in [0.1, 0.15) is 0 Å². The fraction of sp³-hybridized carbons (Fsp3) is 0.462. The number of hydrogen-bond donors (Lipinski definition) is 1. The predicted octanol–water partition coefficient (Wildman–Crippen LogP) is 7.23. The van der Waals surface area contributed by atoms with Gasteiger partial charge < -0.3 is 5.32 Å². The highest BCUT2D eigenvalue weighted by Crippen LogP contribution is 2.23. The van der Waals surface area contributed by atoms with Gasteiger partial charge >= 0.3 is 0 Å². The molecule has 3 aromatic rings. The highest BCUT2D eigenvalue weighted by atomic mass is 14.9. The molecule has 2 saturated carbocycles. The van der Waals surface area contributed by atoms with Crippen molar-refractivity contribution >= 4 is 21.5 Å². The van der Waals surface area contributed by atoms with Crippen molar-refractivity contribution in [3.05, 3.63) is 60.7 Å². The topological polar surface area (TPSA) is 12.0 Å². The number of hydrogen-bond acceptors (Lipinski definition) is 1. The zero-order chi connectivity index (χ0) is 18.3. The summed E-state index contributed by atoms with van der Waals surface area (Å²) in [7, 11) is 0. The quantitative estimate of drug-likeness (QED) is 0.476. The van der Waals surface area contributed by atoms with E-state index in [9.17, 15) is 0 Å². The van der Waals surface area contributed by atoms with Crippen molar-refractivity contribution in [2.24, 2.45) is 0 Å². The Kier molecular flexibility index (Phi) is 6.42. The third-order valence-electron chi connectivity index (χ3n) is 6.30. The molecule has 2 aliphatic rings. The monoisotopic (exact) mass is 359 g/mol. The van der Waals surface area contributed by atoms with Gasteiger partial charge in [-0.25, -0.2) is 0 Å². The van der Waals surface area contributed by atoms with Crippen LogP contribution in [-0.4, -0.2) is 12.1 Å². The van der Waals surface area contributed by atoms with Gasteiger partial charge in [-0.3, -0.25) is 0 Å². The SMILES string of the molecule is C1CCC(NC2CCCCC2)CC1.c1ccc2cc3ccccc3cc2c1. The van der Waals surface area contributed by atoms with Crippen LogP contribution in [0.1, 0.15) is 64.2 Å². The molecule has 0 unspecified atom stereocenters. The van der Waals surface area contributed by atoms with Gasteiger partial charge in [0.2, 0.25) is 0 Å². The number of benzene rings is 3. The van der Waals surface area contributed by atoms with Gasteiger partial charge in [-0.05, 0) is 59.4 Å². The van der Waals surface area contributed by atoms with Crippen LogP contribution in [0.25, 0.3) is 21.5 Å². The molecule has 2 aliphatic carbocycles. The van der Waals surface area contributed by atoms with Gasteiger partial charge in [-0.2, -0.15) is 0 Å². The zero-order valence-electron chi connectivity index (χ0n) is 16.5. The lowest BCUT2D eigenvalue weighted by molar-refractivity contribution is 0.291. The lowest BCUT2D eigenvalue weighted by Gasteiger charge is -2.30. The lowest BCUT2D eigenvalue weighted by atomic mass is 9.91. The van der Waals surface area contributed by atoms with Crippen LogP contribution >= 0.6 is 0 Å². The standard InChI is InChI=1S/C14H10.C12H23N/c1-2-6-12-10-14-8-4-3-7-13(14)9-11(12)5-1;1-3-7-11(8-4-1)13-12-9-5-2-6-10-12/h1-10H;11-13H,1-10H2. The molecule has 27 heavy (non-hydrogen) atoms. The second-order valence-electron chi connectivity index (χ2n) is 8.38. The van der Waals surface area contributed by atoms with Crippen molar-refractivity contribution in [2.45, 2.75) is 76.3 Å². The van der Waals surface area contributed by atoms with Crippen LogP contribution in [0.3, 0.4) is 0 Å². The smallest absolute Gasteiger partial charge is 0.00696 e. The molecule has 3 aromatic carbocycles. The molecule has 1 nitrogen and oxygen atoms in total. The van der Waals surface area contributed by atoms with Crippen LogP contribution in [0.15, 0.2) is 60.7 Å². The molecule has 0 atom stereocenters. The largest absolute Gasteiger partial charge is 0.311 e. The fourth-order valence-corrected chi connectivity index (χ4v) is 4.75. The molecule has 0 spiro atoms. The molecule has 1 N–H and O–H groups in total. The number of nitrogens with one attached hydrogen (secondary N) is 1. The summed E-state index contributed by atoms with van der Waals surface area (Å²) >= 11 is 0. The normalized spacial score (nSPS) is 19.0. The van der Waals surface area contributed by atoms with E-state index >= 15 is 0 Å². The summed E-state index contributed by atoms with van der Waals surface area (Å²) in [6.07, 6.45) is 14.6. The van der Waals surface area contributed by atoms with Crippen molar-refractivity contribution in [1.29, 1.82) is 0 Å². The minimum absolute atomic E-state index is 0.872. The third kappa shape index (κ3) is 5.11. The molecule has 0 amide bonds. The Hall–Kier alpha value is -1.86. The first kappa shape index (κ1) is 18.5. The summed E-state index contributed by atoms with van der Waals surface area (Å²) in [4.78, 5) is 0. The second-order valence-corrected chi connectivity index (χ2v) is 8.38. The van der Waals surface area contributed by atoms with Gasteiger partial charge in [0.15, 0.2) is 0 Å². The maximum atomic E-state index is 3.86. The molecule has 2 fully saturated rings. The van der Waals surface area contributed by atoms with E-state index in [4.69, 9.17) is 0 Å². The Balaban J connectivity index is 0.000000134. The van der Waals surface area contributed by atoms with Gasteiger partial charge in [-0.1, -0.05) is 87.1 Å². The highest BCUT2D eigenvalue weighted by molar-refractivity contribution is 5.98. The molecule has 0 heterocycles. The summed E-state index contributed by atoms with van der Waals surface area (Å²) in [6.45, 7) is 0. The molecular weight excluding hydrogens is 326 g/mol. The maximum Gasteiger partial charge on any atom is 0.00696 e. The Morgan fingerprint density at radius 1 is 0.481 bits per heavy atom. The summed E-state index contributed by atoms with van der Waals surface area (Å²) in [6, 6.07) is 23.2. The van der Waals surface area contributed by atoms with Crippen LogP contribution in [0.2, 0.25) is 0 Å². The molecular formula is C26H33N. The van der Waals surface area contributed by atoms with Crippen LogP contribution < -0.4 is 5.32 Å². The van der Waals surface area contributed by atoms with Crippen molar-refractivity contribution in [3.8, 4) is 0 Å². The van der Waals surface area contributed by atoms with Crippen LogP contribution in [0.4, 0.5) is 0 Å². The van der Waals surface area contributed by atoms with E-state index in [-0.39, 0.29) is 0 Å². The van der Waals surface area contributed by atoms with Crippen molar-refractivity contribution in [3.63, 3.8) is 0 Å². The first-order valence-corrected chi connectivity index (χ1v) is 11.0. The average molecular weight is 360 g/mol.